The molecule has 1 N–H and O–H groups in total. The highest BCUT2D eigenvalue weighted by Gasteiger charge is 2.17. The summed E-state index contributed by atoms with van der Waals surface area (Å²) in [5.41, 5.74) is 7.52. The van der Waals surface area contributed by atoms with Crippen molar-refractivity contribution in [1.82, 2.24) is 14.8 Å². The zero-order valence-corrected chi connectivity index (χ0v) is 19.4. The lowest BCUT2D eigenvalue weighted by Crippen LogP contribution is -2.15. The lowest BCUT2D eigenvalue weighted by atomic mass is 10.0. The van der Waals surface area contributed by atoms with Crippen molar-refractivity contribution in [3.8, 4) is 5.13 Å². The lowest BCUT2D eigenvalue weighted by Gasteiger charge is -2.08. The minimum atomic E-state index is -0.242. The van der Waals surface area contributed by atoms with Crippen LogP contribution in [0.1, 0.15) is 39.3 Å². The molecular formula is C25H25FN4OS. The first-order chi connectivity index (χ1) is 15.3. The molecule has 0 spiro atoms. The van der Waals surface area contributed by atoms with E-state index in [-0.39, 0.29) is 18.1 Å². The van der Waals surface area contributed by atoms with E-state index in [9.17, 15) is 9.18 Å². The number of nitrogens with zero attached hydrogens (tertiary/aromatic N) is 3. The van der Waals surface area contributed by atoms with E-state index in [4.69, 9.17) is 0 Å². The molecule has 0 bridgehead atoms. The number of nitrogens with one attached hydrogen (secondary N) is 1. The SMILES string of the molecule is Cc1ccc(NC(=O)Cc2csc(-n3nc(C)c(Cc4cccc(F)c4)c3C)n2)c(C)c1. The van der Waals surface area contributed by atoms with Gasteiger partial charge < -0.3 is 5.32 Å². The Labute approximate surface area is 191 Å². The molecule has 2 aromatic carbocycles. The van der Waals surface area contributed by atoms with Gasteiger partial charge in [-0.2, -0.15) is 5.10 Å². The standard InChI is InChI=1S/C25H25FN4OS/c1-15-8-9-23(16(2)10-15)28-24(31)13-21-14-32-25(27-21)30-18(4)22(17(3)29-30)12-19-6-5-7-20(26)11-19/h5-11,14H,12-13H2,1-4H3,(H,28,31). The zero-order chi connectivity index (χ0) is 22.8. The molecule has 0 aliphatic rings. The fourth-order valence-corrected chi connectivity index (χ4v) is 4.58. The molecule has 2 aromatic heterocycles. The summed E-state index contributed by atoms with van der Waals surface area (Å²) in [6, 6.07) is 12.6. The summed E-state index contributed by atoms with van der Waals surface area (Å²) < 4.78 is 15.4. The maximum atomic E-state index is 13.6. The third-order valence-corrected chi connectivity index (χ3v) is 6.29. The van der Waals surface area contributed by atoms with Crippen LogP contribution < -0.4 is 5.32 Å². The lowest BCUT2D eigenvalue weighted by molar-refractivity contribution is -0.115. The van der Waals surface area contributed by atoms with E-state index in [0.29, 0.717) is 17.2 Å². The number of carbonyl (C=O) groups excluding carboxylic acids is 1. The molecule has 0 aliphatic carbocycles. The number of benzene rings is 2. The molecule has 1 amide bonds. The second-order valence-corrected chi connectivity index (χ2v) is 8.87. The van der Waals surface area contributed by atoms with E-state index in [1.54, 1.807) is 16.8 Å². The quantitative estimate of drug-likeness (QED) is 0.425. The van der Waals surface area contributed by atoms with Crippen molar-refractivity contribution in [2.24, 2.45) is 0 Å². The summed E-state index contributed by atoms with van der Waals surface area (Å²) >= 11 is 1.45. The van der Waals surface area contributed by atoms with Crippen LogP contribution in [0.2, 0.25) is 0 Å². The Balaban J connectivity index is 1.49. The smallest absolute Gasteiger partial charge is 0.230 e. The zero-order valence-electron chi connectivity index (χ0n) is 18.6. The predicted molar refractivity (Wildman–Crippen MR) is 126 cm³/mol. The average Bonchev–Trinajstić information content (AvgIpc) is 3.30. The number of amides is 1. The van der Waals surface area contributed by atoms with Crippen molar-refractivity contribution in [3.63, 3.8) is 0 Å². The molecule has 164 valence electrons. The van der Waals surface area contributed by atoms with Crippen LogP contribution in [0, 0.1) is 33.5 Å². The van der Waals surface area contributed by atoms with Gasteiger partial charge >= 0.3 is 0 Å². The highest BCUT2D eigenvalue weighted by atomic mass is 32.1. The number of anilines is 1. The third-order valence-electron chi connectivity index (χ3n) is 5.43. The monoisotopic (exact) mass is 448 g/mol. The Kier molecular flexibility index (Phi) is 6.19. The Morgan fingerprint density at radius 2 is 1.94 bits per heavy atom. The second kappa shape index (κ2) is 9.04. The number of aromatic nitrogens is 3. The molecule has 0 saturated carbocycles. The molecule has 4 aromatic rings. The number of aryl methyl sites for hydroxylation is 3. The van der Waals surface area contributed by atoms with Gasteiger partial charge in [0.1, 0.15) is 5.82 Å². The number of carbonyl (C=O) groups is 1. The molecule has 2 heterocycles. The molecular weight excluding hydrogens is 423 g/mol. The van der Waals surface area contributed by atoms with E-state index in [0.717, 1.165) is 39.3 Å². The molecule has 0 atom stereocenters. The van der Waals surface area contributed by atoms with Crippen molar-refractivity contribution < 1.29 is 9.18 Å². The predicted octanol–water partition coefficient (Wildman–Crippen LogP) is 5.47. The molecule has 32 heavy (non-hydrogen) atoms. The number of rotatable bonds is 6. The minimum absolute atomic E-state index is 0.103. The molecule has 0 unspecified atom stereocenters. The normalized spacial score (nSPS) is 11.0. The van der Waals surface area contributed by atoms with Crippen molar-refractivity contribution in [1.29, 1.82) is 0 Å². The van der Waals surface area contributed by atoms with Gasteiger partial charge in [-0.3, -0.25) is 4.79 Å². The third kappa shape index (κ3) is 4.78. The molecule has 7 heteroatoms. The van der Waals surface area contributed by atoms with Gasteiger partial charge in [-0.1, -0.05) is 29.8 Å². The Bertz CT molecular complexity index is 1290. The molecule has 5 nitrogen and oxygen atoms in total. The van der Waals surface area contributed by atoms with Gasteiger partial charge in [0.25, 0.3) is 0 Å². The first-order valence-electron chi connectivity index (χ1n) is 10.4. The van der Waals surface area contributed by atoms with Gasteiger partial charge in [0.15, 0.2) is 0 Å². The Morgan fingerprint density at radius 1 is 1.12 bits per heavy atom. The number of thiazole rings is 1. The van der Waals surface area contributed by atoms with Crippen molar-refractivity contribution in [2.45, 2.75) is 40.5 Å². The van der Waals surface area contributed by atoms with Crippen molar-refractivity contribution in [3.05, 3.63) is 93.0 Å². The van der Waals surface area contributed by atoms with Crippen LogP contribution in [0.5, 0.6) is 0 Å². The number of hydrogen-bond donors (Lipinski definition) is 1. The molecule has 0 aliphatic heterocycles. The maximum Gasteiger partial charge on any atom is 0.230 e. The van der Waals surface area contributed by atoms with Gasteiger partial charge in [-0.15, -0.1) is 11.3 Å². The fraction of sp³-hybridized carbons (Fsp3) is 0.240. The van der Waals surface area contributed by atoms with E-state index < -0.39 is 0 Å². The van der Waals surface area contributed by atoms with Gasteiger partial charge in [0.2, 0.25) is 11.0 Å². The first-order valence-corrected chi connectivity index (χ1v) is 11.3. The van der Waals surface area contributed by atoms with E-state index in [2.05, 4.69) is 15.4 Å². The van der Waals surface area contributed by atoms with E-state index in [1.165, 1.54) is 17.4 Å². The summed E-state index contributed by atoms with van der Waals surface area (Å²) in [6.07, 6.45) is 0.797. The Hall–Kier alpha value is -3.32. The number of halogens is 1. The maximum absolute atomic E-state index is 13.6. The molecule has 0 fully saturated rings. The Morgan fingerprint density at radius 3 is 2.69 bits per heavy atom. The largest absolute Gasteiger partial charge is 0.326 e. The van der Waals surface area contributed by atoms with Crippen LogP contribution in [-0.2, 0) is 17.6 Å². The highest BCUT2D eigenvalue weighted by Crippen LogP contribution is 2.24. The van der Waals surface area contributed by atoms with Crippen LogP contribution >= 0.6 is 11.3 Å². The summed E-state index contributed by atoms with van der Waals surface area (Å²) in [4.78, 5) is 17.2. The van der Waals surface area contributed by atoms with Crippen LogP contribution in [0.4, 0.5) is 10.1 Å². The van der Waals surface area contributed by atoms with Crippen LogP contribution in [0.15, 0.2) is 47.8 Å². The van der Waals surface area contributed by atoms with Crippen molar-refractivity contribution >= 4 is 22.9 Å². The second-order valence-electron chi connectivity index (χ2n) is 8.03. The fourth-order valence-electron chi connectivity index (χ4n) is 3.76. The molecule has 4 rings (SSSR count). The van der Waals surface area contributed by atoms with Gasteiger partial charge in [-0.05, 0) is 57.0 Å². The van der Waals surface area contributed by atoms with Crippen LogP contribution in [0.25, 0.3) is 5.13 Å². The topological polar surface area (TPSA) is 59.8 Å². The summed E-state index contributed by atoms with van der Waals surface area (Å²) in [5, 5.41) is 10.2. The summed E-state index contributed by atoms with van der Waals surface area (Å²) in [5.74, 6) is -0.345. The molecule has 0 saturated heterocycles. The van der Waals surface area contributed by atoms with Gasteiger partial charge in [0, 0.05) is 28.7 Å². The van der Waals surface area contributed by atoms with Gasteiger partial charge in [-0.25, -0.2) is 14.1 Å². The van der Waals surface area contributed by atoms with Gasteiger partial charge in [0.05, 0.1) is 17.8 Å². The first kappa shape index (κ1) is 21.9. The van der Waals surface area contributed by atoms with Crippen molar-refractivity contribution in [2.75, 3.05) is 5.32 Å². The molecule has 0 radical (unpaired) electrons. The van der Waals surface area contributed by atoms with E-state index in [1.807, 2.05) is 57.3 Å². The summed E-state index contributed by atoms with van der Waals surface area (Å²) in [7, 11) is 0. The van der Waals surface area contributed by atoms with Crippen LogP contribution in [-0.4, -0.2) is 20.7 Å². The van der Waals surface area contributed by atoms with Crippen LogP contribution in [0.3, 0.4) is 0 Å². The van der Waals surface area contributed by atoms with E-state index >= 15 is 0 Å². The number of hydrogen-bond acceptors (Lipinski definition) is 4. The average molecular weight is 449 g/mol. The summed E-state index contributed by atoms with van der Waals surface area (Å²) in [6.45, 7) is 7.94. The highest BCUT2D eigenvalue weighted by molar-refractivity contribution is 7.12. The minimum Gasteiger partial charge on any atom is -0.326 e.